The number of benzene rings is 1. The molecule has 0 aliphatic carbocycles. The summed E-state index contributed by atoms with van der Waals surface area (Å²) in [5, 5.41) is 3.67. The van der Waals surface area contributed by atoms with Crippen molar-refractivity contribution >= 4 is 11.4 Å². The second-order valence-corrected chi connectivity index (χ2v) is 5.31. The zero-order valence-corrected chi connectivity index (χ0v) is 11.9. The summed E-state index contributed by atoms with van der Waals surface area (Å²) < 4.78 is 0. The molecular weight excluding hydrogens is 234 g/mol. The van der Waals surface area contributed by atoms with Gasteiger partial charge in [-0.15, -0.1) is 6.42 Å². The molecule has 2 rings (SSSR count). The van der Waals surface area contributed by atoms with Crippen molar-refractivity contribution < 1.29 is 0 Å². The van der Waals surface area contributed by atoms with Gasteiger partial charge in [-0.2, -0.15) is 0 Å². The Kier molecular flexibility index (Phi) is 4.70. The molecule has 0 radical (unpaired) electrons. The molecule has 1 heterocycles. The highest BCUT2D eigenvalue weighted by molar-refractivity contribution is 5.69. The normalized spacial score (nSPS) is 16.9. The van der Waals surface area contributed by atoms with E-state index in [2.05, 4.69) is 59.4 Å². The van der Waals surface area contributed by atoms with E-state index in [0.29, 0.717) is 6.04 Å². The second kappa shape index (κ2) is 6.49. The van der Waals surface area contributed by atoms with Crippen LogP contribution in [0, 0.1) is 12.3 Å². The van der Waals surface area contributed by atoms with E-state index in [1.165, 1.54) is 11.4 Å². The molecule has 1 aromatic rings. The first-order chi connectivity index (χ1) is 9.20. The van der Waals surface area contributed by atoms with Crippen LogP contribution in [0.2, 0.25) is 0 Å². The van der Waals surface area contributed by atoms with Crippen LogP contribution in [-0.4, -0.2) is 44.7 Å². The average molecular weight is 257 g/mol. The molecule has 102 valence electrons. The Morgan fingerprint density at radius 2 is 2.00 bits per heavy atom. The summed E-state index contributed by atoms with van der Waals surface area (Å²) in [7, 11) is 4.16. The first-order valence-electron chi connectivity index (χ1n) is 6.89. The van der Waals surface area contributed by atoms with E-state index in [4.69, 9.17) is 6.42 Å². The zero-order chi connectivity index (χ0) is 13.7. The van der Waals surface area contributed by atoms with Crippen LogP contribution in [0.15, 0.2) is 24.3 Å². The lowest BCUT2D eigenvalue weighted by Crippen LogP contribution is -2.39. The van der Waals surface area contributed by atoms with Crippen LogP contribution >= 0.6 is 0 Å². The number of rotatable bonds is 4. The van der Waals surface area contributed by atoms with E-state index < -0.39 is 0 Å². The third-order valence-electron chi connectivity index (χ3n) is 3.65. The molecular formula is C16H23N3. The van der Waals surface area contributed by atoms with Gasteiger partial charge >= 0.3 is 0 Å². The van der Waals surface area contributed by atoms with E-state index in [-0.39, 0.29) is 0 Å². The first-order valence-corrected chi connectivity index (χ1v) is 6.89. The summed E-state index contributed by atoms with van der Waals surface area (Å²) in [6.45, 7) is 2.96. The molecule has 1 aromatic carbocycles. The molecule has 1 saturated heterocycles. The third-order valence-corrected chi connectivity index (χ3v) is 3.65. The highest BCUT2D eigenvalue weighted by Crippen LogP contribution is 2.26. The number of nitrogens with zero attached hydrogens (tertiary/aromatic N) is 2. The van der Waals surface area contributed by atoms with Crippen LogP contribution < -0.4 is 10.2 Å². The van der Waals surface area contributed by atoms with E-state index in [1.807, 2.05) is 0 Å². The van der Waals surface area contributed by atoms with Gasteiger partial charge in [-0.3, -0.25) is 4.90 Å². The number of likely N-dealkylation sites (tertiary alicyclic amines) is 1. The molecule has 0 aromatic heterocycles. The predicted molar refractivity (Wildman–Crippen MR) is 82.7 cm³/mol. The minimum Gasteiger partial charge on any atom is -0.381 e. The van der Waals surface area contributed by atoms with Gasteiger partial charge in [-0.25, -0.2) is 0 Å². The molecule has 0 atom stereocenters. The van der Waals surface area contributed by atoms with Gasteiger partial charge in [-0.05, 0) is 25.0 Å². The lowest BCUT2D eigenvalue weighted by molar-refractivity contribution is 0.243. The van der Waals surface area contributed by atoms with Crippen molar-refractivity contribution in [3.05, 3.63) is 24.3 Å². The number of terminal acetylenes is 1. The predicted octanol–water partition coefficient (Wildman–Crippen LogP) is 2.26. The molecule has 1 aliphatic heterocycles. The van der Waals surface area contributed by atoms with Crippen molar-refractivity contribution in [1.29, 1.82) is 0 Å². The highest BCUT2D eigenvalue weighted by Gasteiger charge is 2.19. The maximum Gasteiger partial charge on any atom is 0.0598 e. The van der Waals surface area contributed by atoms with E-state index >= 15 is 0 Å². The Balaban J connectivity index is 1.94. The Morgan fingerprint density at radius 1 is 1.32 bits per heavy atom. The Bertz CT molecular complexity index is 440. The fourth-order valence-electron chi connectivity index (χ4n) is 2.57. The largest absolute Gasteiger partial charge is 0.381 e. The zero-order valence-electron chi connectivity index (χ0n) is 11.9. The molecule has 3 heteroatoms. The van der Waals surface area contributed by atoms with Crippen LogP contribution in [0.5, 0.6) is 0 Å². The molecule has 1 aliphatic rings. The summed E-state index contributed by atoms with van der Waals surface area (Å²) in [5.74, 6) is 2.72. The van der Waals surface area contributed by atoms with Gasteiger partial charge in [0, 0.05) is 33.2 Å². The van der Waals surface area contributed by atoms with Crippen molar-refractivity contribution in [2.45, 2.75) is 18.9 Å². The summed E-state index contributed by atoms with van der Waals surface area (Å²) in [5.41, 5.74) is 2.47. The molecule has 1 fully saturated rings. The second-order valence-electron chi connectivity index (χ2n) is 5.31. The standard InChI is InChI=1S/C16H23N3/c1-4-11-19-12-9-14(10-13-19)17-15-7-5-6-8-16(15)18(2)3/h1,5-8,14,17H,9-13H2,2-3H3. The maximum absolute atomic E-state index is 5.36. The molecule has 19 heavy (non-hydrogen) atoms. The maximum atomic E-state index is 5.36. The molecule has 0 bridgehead atoms. The van der Waals surface area contributed by atoms with Gasteiger partial charge in [0.05, 0.1) is 17.9 Å². The molecule has 0 spiro atoms. The summed E-state index contributed by atoms with van der Waals surface area (Å²) >= 11 is 0. The number of anilines is 2. The van der Waals surface area contributed by atoms with Gasteiger partial charge in [-0.1, -0.05) is 18.1 Å². The van der Waals surface area contributed by atoms with Crippen LogP contribution in [-0.2, 0) is 0 Å². The van der Waals surface area contributed by atoms with Crippen molar-refractivity contribution in [3.8, 4) is 12.3 Å². The Labute approximate surface area is 116 Å². The van der Waals surface area contributed by atoms with E-state index in [9.17, 15) is 0 Å². The van der Waals surface area contributed by atoms with Crippen molar-refractivity contribution in [1.82, 2.24) is 4.90 Å². The minimum absolute atomic E-state index is 0.551. The Hall–Kier alpha value is -1.66. The van der Waals surface area contributed by atoms with Crippen LogP contribution in [0.25, 0.3) is 0 Å². The van der Waals surface area contributed by atoms with Gasteiger partial charge in [0.2, 0.25) is 0 Å². The van der Waals surface area contributed by atoms with Crippen molar-refractivity contribution in [2.24, 2.45) is 0 Å². The lowest BCUT2D eigenvalue weighted by Gasteiger charge is -2.32. The van der Waals surface area contributed by atoms with E-state index in [0.717, 1.165) is 32.5 Å². The Morgan fingerprint density at radius 3 is 2.63 bits per heavy atom. The van der Waals surface area contributed by atoms with Crippen LogP contribution in [0.3, 0.4) is 0 Å². The van der Waals surface area contributed by atoms with Crippen LogP contribution in [0.4, 0.5) is 11.4 Å². The monoisotopic (exact) mass is 257 g/mol. The summed E-state index contributed by atoms with van der Waals surface area (Å²) in [6, 6.07) is 9.02. The molecule has 0 unspecified atom stereocenters. The number of hydrogen-bond donors (Lipinski definition) is 1. The molecule has 1 N–H and O–H groups in total. The van der Waals surface area contributed by atoms with E-state index in [1.54, 1.807) is 0 Å². The SMILES string of the molecule is C#CCN1CCC(Nc2ccccc2N(C)C)CC1. The van der Waals surface area contributed by atoms with Gasteiger partial charge < -0.3 is 10.2 Å². The number of para-hydroxylation sites is 2. The van der Waals surface area contributed by atoms with Gasteiger partial charge in [0.15, 0.2) is 0 Å². The fraction of sp³-hybridized carbons (Fsp3) is 0.500. The number of piperidine rings is 1. The van der Waals surface area contributed by atoms with Crippen molar-refractivity contribution in [3.63, 3.8) is 0 Å². The summed E-state index contributed by atoms with van der Waals surface area (Å²) in [6.07, 6.45) is 7.67. The third kappa shape index (κ3) is 3.65. The first kappa shape index (κ1) is 13.8. The number of hydrogen-bond acceptors (Lipinski definition) is 3. The van der Waals surface area contributed by atoms with Crippen molar-refractivity contribution in [2.75, 3.05) is 43.9 Å². The van der Waals surface area contributed by atoms with Gasteiger partial charge in [0.25, 0.3) is 0 Å². The molecule has 0 amide bonds. The topological polar surface area (TPSA) is 18.5 Å². The lowest BCUT2D eigenvalue weighted by atomic mass is 10.0. The van der Waals surface area contributed by atoms with Gasteiger partial charge in [0.1, 0.15) is 0 Å². The highest BCUT2D eigenvalue weighted by atomic mass is 15.1. The smallest absolute Gasteiger partial charge is 0.0598 e. The van der Waals surface area contributed by atoms with Crippen LogP contribution in [0.1, 0.15) is 12.8 Å². The average Bonchev–Trinajstić information content (AvgIpc) is 2.42. The quantitative estimate of drug-likeness (QED) is 0.835. The molecule has 0 saturated carbocycles. The minimum atomic E-state index is 0.551. The summed E-state index contributed by atoms with van der Waals surface area (Å²) in [4.78, 5) is 4.49. The molecule has 3 nitrogen and oxygen atoms in total. The number of nitrogens with one attached hydrogen (secondary N) is 1. The fourth-order valence-corrected chi connectivity index (χ4v) is 2.57.